The van der Waals surface area contributed by atoms with E-state index in [4.69, 9.17) is 5.73 Å². The van der Waals surface area contributed by atoms with Gasteiger partial charge in [0.2, 0.25) is 0 Å². The van der Waals surface area contributed by atoms with Gasteiger partial charge in [-0.15, -0.1) is 5.10 Å². The van der Waals surface area contributed by atoms with Crippen molar-refractivity contribution in [3.63, 3.8) is 0 Å². The topological polar surface area (TPSA) is 122 Å². The van der Waals surface area contributed by atoms with Gasteiger partial charge in [0, 0.05) is 12.7 Å². The summed E-state index contributed by atoms with van der Waals surface area (Å²) < 4.78 is 1.33. The Morgan fingerprint density at radius 3 is 2.85 bits per heavy atom. The molecule has 2 aromatic heterocycles. The number of aromatic nitrogens is 5. The monoisotopic (exact) mass is 290 g/mol. The molecule has 0 fully saturated rings. The average molecular weight is 290 g/mol. The maximum absolute atomic E-state index is 12.0. The molecule has 0 spiro atoms. The maximum atomic E-state index is 12.0. The molecule has 2 heterocycles. The summed E-state index contributed by atoms with van der Waals surface area (Å²) in [5.74, 6) is 0. The van der Waals surface area contributed by atoms with Gasteiger partial charge in [0.1, 0.15) is 0 Å². The number of nitrogens with two attached hydrogens (primary N) is 1. The van der Waals surface area contributed by atoms with Crippen LogP contribution in [0.5, 0.6) is 0 Å². The van der Waals surface area contributed by atoms with Crippen LogP contribution >= 0.6 is 11.8 Å². The van der Waals surface area contributed by atoms with Crippen molar-refractivity contribution < 1.29 is 0 Å². The van der Waals surface area contributed by atoms with Gasteiger partial charge in [0.25, 0.3) is 5.56 Å². The van der Waals surface area contributed by atoms with Crippen molar-refractivity contribution in [2.75, 3.05) is 5.73 Å². The number of nitrogen functional groups attached to an aromatic ring is 1. The molecule has 20 heavy (non-hydrogen) atoms. The second kappa shape index (κ2) is 4.53. The molecule has 0 atom stereocenters. The van der Waals surface area contributed by atoms with E-state index in [0.717, 1.165) is 11.8 Å². The van der Waals surface area contributed by atoms with Crippen LogP contribution in [0.4, 0.5) is 5.69 Å². The normalized spacial score (nSPS) is 11.1. The lowest BCUT2D eigenvalue weighted by molar-refractivity contribution is 0.762. The van der Waals surface area contributed by atoms with Crippen molar-refractivity contribution in [1.82, 2.24) is 24.7 Å². The zero-order chi connectivity index (χ0) is 14.3. The van der Waals surface area contributed by atoms with Crippen LogP contribution < -0.4 is 17.0 Å². The van der Waals surface area contributed by atoms with Crippen LogP contribution in [0.3, 0.4) is 0 Å². The minimum Gasteiger partial charge on any atom is -0.399 e. The minimum atomic E-state index is -0.330. The minimum absolute atomic E-state index is 0.287. The van der Waals surface area contributed by atoms with Gasteiger partial charge in [-0.05, 0) is 30.0 Å². The number of anilines is 1. The van der Waals surface area contributed by atoms with E-state index in [1.807, 2.05) is 0 Å². The van der Waals surface area contributed by atoms with Crippen LogP contribution in [0.15, 0.2) is 38.1 Å². The molecule has 9 heteroatoms. The molecule has 0 saturated heterocycles. The molecule has 0 aliphatic carbocycles. The third-order valence-corrected chi connectivity index (χ3v) is 3.67. The number of hydrogen-bond acceptors (Lipinski definition) is 6. The number of rotatable bonds is 2. The molecule has 102 valence electrons. The highest BCUT2D eigenvalue weighted by atomic mass is 32.2. The zero-order valence-electron chi connectivity index (χ0n) is 10.4. The Hall–Kier alpha value is -2.55. The molecule has 1 aromatic carbocycles. The standard InChI is InChI=1S/C11H10N6O2S/c1-17-10(19)15-16-11(17)20-9-13-7-3-2-5(12)4-6(7)8(18)14-9/h2-4H,12H2,1H3,(H,15,19)(H,13,14,18). The summed E-state index contributed by atoms with van der Waals surface area (Å²) in [6.45, 7) is 0. The number of benzene rings is 1. The first-order valence-electron chi connectivity index (χ1n) is 5.63. The fourth-order valence-electron chi connectivity index (χ4n) is 1.69. The number of H-pyrrole nitrogens is 2. The van der Waals surface area contributed by atoms with Crippen LogP contribution in [0.25, 0.3) is 10.9 Å². The van der Waals surface area contributed by atoms with Crippen LogP contribution in [0, 0.1) is 0 Å². The third kappa shape index (κ3) is 2.07. The Kier molecular flexibility index (Phi) is 2.83. The number of nitrogens with zero attached hydrogens (tertiary/aromatic N) is 3. The highest BCUT2D eigenvalue weighted by molar-refractivity contribution is 7.99. The Morgan fingerprint density at radius 2 is 2.15 bits per heavy atom. The first-order chi connectivity index (χ1) is 9.54. The van der Waals surface area contributed by atoms with Gasteiger partial charge in [-0.25, -0.2) is 14.9 Å². The highest BCUT2D eigenvalue weighted by Crippen LogP contribution is 2.21. The van der Waals surface area contributed by atoms with E-state index in [-0.39, 0.29) is 11.2 Å². The molecule has 3 aromatic rings. The summed E-state index contributed by atoms with van der Waals surface area (Å²) in [7, 11) is 1.58. The Labute approximate surface area is 116 Å². The summed E-state index contributed by atoms with van der Waals surface area (Å²) in [5, 5.41) is 7.35. The quantitative estimate of drug-likeness (QED) is 0.453. The van der Waals surface area contributed by atoms with Gasteiger partial charge >= 0.3 is 5.69 Å². The van der Waals surface area contributed by atoms with Crippen molar-refractivity contribution in [1.29, 1.82) is 0 Å². The van der Waals surface area contributed by atoms with Gasteiger partial charge < -0.3 is 10.7 Å². The molecule has 8 nitrogen and oxygen atoms in total. The van der Waals surface area contributed by atoms with E-state index in [1.165, 1.54) is 4.57 Å². The number of fused-ring (bicyclic) bond motifs is 1. The average Bonchev–Trinajstić information content (AvgIpc) is 2.72. The summed E-state index contributed by atoms with van der Waals surface area (Å²) in [5.41, 5.74) is 6.06. The molecule has 0 aliphatic heterocycles. The molecule has 0 radical (unpaired) electrons. The second-order valence-corrected chi connectivity index (χ2v) is 5.08. The molecule has 3 rings (SSSR count). The predicted octanol–water partition coefficient (Wildman–Crippen LogP) is 0.0783. The van der Waals surface area contributed by atoms with Gasteiger partial charge in [0.15, 0.2) is 10.3 Å². The number of nitrogens with one attached hydrogen (secondary N) is 2. The van der Waals surface area contributed by atoms with E-state index in [0.29, 0.717) is 26.9 Å². The Bertz CT molecular complexity index is 909. The first kappa shape index (κ1) is 12.5. The highest BCUT2D eigenvalue weighted by Gasteiger charge is 2.10. The molecule has 4 N–H and O–H groups in total. The van der Waals surface area contributed by atoms with Gasteiger partial charge in [-0.1, -0.05) is 0 Å². The molecule has 0 amide bonds. The van der Waals surface area contributed by atoms with Gasteiger partial charge in [-0.3, -0.25) is 9.36 Å². The zero-order valence-corrected chi connectivity index (χ0v) is 11.2. The first-order valence-corrected chi connectivity index (χ1v) is 6.45. The Balaban J connectivity index is 2.09. The van der Waals surface area contributed by atoms with Crippen LogP contribution in [-0.2, 0) is 7.05 Å². The SMILES string of the molecule is Cn1c(Sc2nc3ccc(N)cc3c(=O)[nH]2)n[nH]c1=O. The predicted molar refractivity (Wildman–Crippen MR) is 74.7 cm³/mol. The maximum Gasteiger partial charge on any atom is 0.343 e. The molecule has 0 saturated carbocycles. The number of hydrogen-bond donors (Lipinski definition) is 3. The van der Waals surface area contributed by atoms with Crippen LogP contribution in [0.2, 0.25) is 0 Å². The van der Waals surface area contributed by atoms with Gasteiger partial charge in [0.05, 0.1) is 10.9 Å². The summed E-state index contributed by atoms with van der Waals surface area (Å²) >= 11 is 1.09. The van der Waals surface area contributed by atoms with Crippen molar-refractivity contribution in [2.24, 2.45) is 7.05 Å². The summed E-state index contributed by atoms with van der Waals surface area (Å²) in [4.78, 5) is 30.2. The van der Waals surface area contributed by atoms with Crippen molar-refractivity contribution in [3.05, 3.63) is 39.0 Å². The summed E-state index contributed by atoms with van der Waals surface area (Å²) in [6.07, 6.45) is 0. The third-order valence-electron chi connectivity index (χ3n) is 2.73. The van der Waals surface area contributed by atoms with Crippen molar-refractivity contribution in [3.8, 4) is 0 Å². The lowest BCUT2D eigenvalue weighted by Crippen LogP contribution is -2.13. The van der Waals surface area contributed by atoms with E-state index >= 15 is 0 Å². The van der Waals surface area contributed by atoms with Crippen LogP contribution in [-0.4, -0.2) is 24.7 Å². The van der Waals surface area contributed by atoms with E-state index in [2.05, 4.69) is 20.2 Å². The molecular formula is C11H10N6O2S. The fourth-order valence-corrected chi connectivity index (χ4v) is 2.47. The largest absolute Gasteiger partial charge is 0.399 e. The lowest BCUT2D eigenvalue weighted by Gasteiger charge is -2.02. The van der Waals surface area contributed by atoms with Crippen LogP contribution in [0.1, 0.15) is 0 Å². The summed E-state index contributed by atoms with van der Waals surface area (Å²) in [6, 6.07) is 4.92. The van der Waals surface area contributed by atoms with Crippen molar-refractivity contribution in [2.45, 2.75) is 10.3 Å². The molecule has 0 bridgehead atoms. The molecular weight excluding hydrogens is 280 g/mol. The fraction of sp³-hybridized carbons (Fsp3) is 0.0909. The second-order valence-electron chi connectivity index (χ2n) is 4.12. The smallest absolute Gasteiger partial charge is 0.343 e. The number of aromatic amines is 2. The lowest BCUT2D eigenvalue weighted by atomic mass is 10.2. The Morgan fingerprint density at radius 1 is 1.35 bits per heavy atom. The molecule has 0 unspecified atom stereocenters. The van der Waals surface area contributed by atoms with Gasteiger partial charge in [-0.2, -0.15) is 0 Å². The van der Waals surface area contributed by atoms with E-state index in [9.17, 15) is 9.59 Å². The molecule has 0 aliphatic rings. The van der Waals surface area contributed by atoms with Crippen molar-refractivity contribution >= 4 is 28.4 Å². The van der Waals surface area contributed by atoms with E-state index in [1.54, 1.807) is 25.2 Å². The van der Waals surface area contributed by atoms with E-state index < -0.39 is 0 Å².